The molecule has 1 amide bonds. The van der Waals surface area contributed by atoms with Gasteiger partial charge in [0.1, 0.15) is 11.4 Å². The minimum atomic E-state index is -0.489. The van der Waals surface area contributed by atoms with Gasteiger partial charge in [0, 0.05) is 18.6 Å². The Morgan fingerprint density at radius 3 is 2.32 bits per heavy atom. The van der Waals surface area contributed by atoms with Crippen LogP contribution in [0.15, 0.2) is 24.3 Å². The fourth-order valence-corrected chi connectivity index (χ4v) is 2.13. The summed E-state index contributed by atoms with van der Waals surface area (Å²) < 4.78 is 18.0. The van der Waals surface area contributed by atoms with Crippen molar-refractivity contribution in [1.29, 1.82) is 0 Å². The number of carbonyl (C=O) groups is 1. The smallest absolute Gasteiger partial charge is 0.407 e. The second-order valence-corrected chi connectivity index (χ2v) is 6.68. The number of hydrogen-bond acceptors (Lipinski definition) is 3. The first-order valence-electron chi connectivity index (χ1n) is 7.63. The molecule has 0 radical (unpaired) electrons. The maximum Gasteiger partial charge on any atom is 0.407 e. The molecule has 0 aliphatic rings. The van der Waals surface area contributed by atoms with Crippen molar-refractivity contribution in [3.05, 3.63) is 35.6 Å². The Bertz CT molecular complexity index is 469. The van der Waals surface area contributed by atoms with E-state index in [9.17, 15) is 9.18 Å². The summed E-state index contributed by atoms with van der Waals surface area (Å²) in [4.78, 5) is 11.6. The van der Waals surface area contributed by atoms with Gasteiger partial charge >= 0.3 is 6.09 Å². The lowest BCUT2D eigenvalue weighted by molar-refractivity contribution is 0.0522. The third-order valence-electron chi connectivity index (χ3n) is 2.98. The summed E-state index contributed by atoms with van der Waals surface area (Å²) >= 11 is 0. The molecule has 2 N–H and O–H groups in total. The van der Waals surface area contributed by atoms with Gasteiger partial charge in [-0.3, -0.25) is 0 Å². The van der Waals surface area contributed by atoms with Crippen LogP contribution in [0.5, 0.6) is 0 Å². The summed E-state index contributed by atoms with van der Waals surface area (Å²) in [5.74, 6) is -0.223. The van der Waals surface area contributed by atoms with E-state index in [0.717, 1.165) is 12.0 Å². The minimum absolute atomic E-state index is 0.114. The van der Waals surface area contributed by atoms with Gasteiger partial charge in [-0.25, -0.2) is 9.18 Å². The van der Waals surface area contributed by atoms with Crippen LogP contribution in [-0.4, -0.2) is 30.3 Å². The lowest BCUT2D eigenvalue weighted by atomic mass is 10.1. The normalized spacial score (nSPS) is 14.3. The van der Waals surface area contributed by atoms with Crippen LogP contribution in [0, 0.1) is 5.82 Å². The molecule has 0 bridgehead atoms. The summed E-state index contributed by atoms with van der Waals surface area (Å²) in [7, 11) is 0. The van der Waals surface area contributed by atoms with Gasteiger partial charge in [0.05, 0.1) is 0 Å². The van der Waals surface area contributed by atoms with Crippen molar-refractivity contribution in [2.24, 2.45) is 0 Å². The zero-order valence-electron chi connectivity index (χ0n) is 14.1. The fraction of sp³-hybridized carbons (Fsp3) is 0.588. The average molecular weight is 310 g/mol. The number of rotatable bonds is 6. The molecular weight excluding hydrogens is 283 g/mol. The molecule has 2 atom stereocenters. The van der Waals surface area contributed by atoms with E-state index < -0.39 is 11.7 Å². The number of amides is 1. The zero-order valence-corrected chi connectivity index (χ0v) is 14.1. The average Bonchev–Trinajstić information content (AvgIpc) is 2.37. The van der Waals surface area contributed by atoms with E-state index in [4.69, 9.17) is 4.74 Å². The van der Waals surface area contributed by atoms with Crippen LogP contribution in [0.25, 0.3) is 0 Å². The third kappa shape index (κ3) is 7.98. The van der Waals surface area contributed by atoms with Crippen molar-refractivity contribution in [3.63, 3.8) is 0 Å². The molecule has 124 valence electrons. The second-order valence-electron chi connectivity index (χ2n) is 6.68. The highest BCUT2D eigenvalue weighted by molar-refractivity contribution is 5.67. The van der Waals surface area contributed by atoms with Crippen molar-refractivity contribution < 1.29 is 13.9 Å². The van der Waals surface area contributed by atoms with E-state index in [-0.39, 0.29) is 17.9 Å². The van der Waals surface area contributed by atoms with Crippen LogP contribution < -0.4 is 10.6 Å². The number of carbonyl (C=O) groups excluding carboxylic acids is 1. The van der Waals surface area contributed by atoms with E-state index in [1.165, 1.54) is 12.1 Å². The zero-order chi connectivity index (χ0) is 16.8. The van der Waals surface area contributed by atoms with E-state index >= 15 is 0 Å². The van der Waals surface area contributed by atoms with Crippen LogP contribution in [0.3, 0.4) is 0 Å². The van der Waals surface area contributed by atoms with Crippen LogP contribution >= 0.6 is 0 Å². The first kappa shape index (κ1) is 18.4. The number of benzene rings is 1. The Morgan fingerprint density at radius 2 is 1.77 bits per heavy atom. The maximum absolute atomic E-state index is 12.9. The Hall–Kier alpha value is -1.62. The van der Waals surface area contributed by atoms with Gasteiger partial charge in [-0.2, -0.15) is 0 Å². The van der Waals surface area contributed by atoms with Gasteiger partial charge in [-0.05, 0) is 58.7 Å². The quantitative estimate of drug-likeness (QED) is 0.848. The van der Waals surface area contributed by atoms with Crippen LogP contribution in [0.1, 0.15) is 40.2 Å². The Morgan fingerprint density at radius 1 is 1.18 bits per heavy atom. The molecule has 22 heavy (non-hydrogen) atoms. The lowest BCUT2D eigenvalue weighted by Crippen LogP contribution is -2.44. The molecule has 4 nitrogen and oxygen atoms in total. The molecule has 2 unspecified atom stereocenters. The summed E-state index contributed by atoms with van der Waals surface area (Å²) in [5, 5.41) is 6.14. The van der Waals surface area contributed by atoms with Gasteiger partial charge in [0.25, 0.3) is 0 Å². The molecule has 0 aromatic heterocycles. The van der Waals surface area contributed by atoms with Crippen molar-refractivity contribution in [2.75, 3.05) is 6.54 Å². The first-order chi connectivity index (χ1) is 10.2. The standard InChI is InChI=1S/C17H27FN2O2/c1-12(10-14-6-8-15(18)9-7-14)20-13(2)11-19-16(21)22-17(3,4)5/h6-9,12-13,20H,10-11H2,1-5H3,(H,19,21). The van der Waals surface area contributed by atoms with Crippen LogP contribution in [-0.2, 0) is 11.2 Å². The molecule has 0 aliphatic carbocycles. The van der Waals surface area contributed by atoms with E-state index in [1.54, 1.807) is 12.1 Å². The molecule has 0 saturated heterocycles. The van der Waals surface area contributed by atoms with E-state index in [2.05, 4.69) is 17.6 Å². The number of ether oxygens (including phenoxy) is 1. The maximum atomic E-state index is 12.9. The molecule has 0 heterocycles. The van der Waals surface area contributed by atoms with Gasteiger partial charge in [0.15, 0.2) is 0 Å². The number of alkyl carbamates (subject to hydrolysis) is 1. The van der Waals surface area contributed by atoms with Crippen molar-refractivity contribution in [1.82, 2.24) is 10.6 Å². The molecule has 0 aliphatic heterocycles. The van der Waals surface area contributed by atoms with Crippen molar-refractivity contribution in [3.8, 4) is 0 Å². The number of nitrogens with one attached hydrogen (secondary N) is 2. The highest BCUT2D eigenvalue weighted by Crippen LogP contribution is 2.07. The minimum Gasteiger partial charge on any atom is -0.444 e. The fourth-order valence-electron chi connectivity index (χ4n) is 2.13. The highest BCUT2D eigenvalue weighted by atomic mass is 19.1. The molecule has 5 heteroatoms. The lowest BCUT2D eigenvalue weighted by Gasteiger charge is -2.23. The summed E-state index contributed by atoms with van der Waals surface area (Å²) in [6, 6.07) is 6.85. The molecular formula is C17H27FN2O2. The largest absolute Gasteiger partial charge is 0.444 e. The predicted octanol–water partition coefficient (Wildman–Crippen LogP) is 3.26. The SMILES string of the molecule is CC(CNC(=O)OC(C)(C)C)NC(C)Cc1ccc(F)cc1. The van der Waals surface area contributed by atoms with Gasteiger partial charge in [0.2, 0.25) is 0 Å². The van der Waals surface area contributed by atoms with Crippen molar-refractivity contribution >= 4 is 6.09 Å². The second kappa shape index (κ2) is 8.13. The molecule has 1 rings (SSSR count). The molecule has 0 fully saturated rings. The predicted molar refractivity (Wildman–Crippen MR) is 86.4 cm³/mol. The van der Waals surface area contributed by atoms with Gasteiger partial charge < -0.3 is 15.4 Å². The summed E-state index contributed by atoms with van der Waals surface area (Å²) in [6.07, 6.45) is 0.393. The third-order valence-corrected chi connectivity index (χ3v) is 2.98. The molecule has 0 saturated carbocycles. The number of halogens is 1. The molecule has 1 aromatic rings. The van der Waals surface area contributed by atoms with E-state index in [1.807, 2.05) is 27.7 Å². The molecule has 0 spiro atoms. The highest BCUT2D eigenvalue weighted by Gasteiger charge is 2.16. The summed E-state index contributed by atoms with van der Waals surface area (Å²) in [6.45, 7) is 10.0. The Kier molecular flexibility index (Phi) is 6.81. The monoisotopic (exact) mass is 310 g/mol. The summed E-state index contributed by atoms with van der Waals surface area (Å²) in [5.41, 5.74) is 0.588. The van der Waals surface area contributed by atoms with Crippen molar-refractivity contribution in [2.45, 2.75) is 58.7 Å². The number of hydrogen-bond donors (Lipinski definition) is 2. The van der Waals surface area contributed by atoms with Crippen LogP contribution in [0.4, 0.5) is 9.18 Å². The topological polar surface area (TPSA) is 50.4 Å². The Balaban J connectivity index is 2.30. The first-order valence-corrected chi connectivity index (χ1v) is 7.63. The van der Waals surface area contributed by atoms with Crippen LogP contribution in [0.2, 0.25) is 0 Å². The Labute approximate surface area is 132 Å². The van der Waals surface area contributed by atoms with E-state index in [0.29, 0.717) is 6.54 Å². The van der Waals surface area contributed by atoms with Gasteiger partial charge in [-0.15, -0.1) is 0 Å². The van der Waals surface area contributed by atoms with Gasteiger partial charge in [-0.1, -0.05) is 12.1 Å². The molecule has 1 aromatic carbocycles.